The van der Waals surface area contributed by atoms with Gasteiger partial charge in [0.1, 0.15) is 4.60 Å². The molecule has 0 spiro atoms. The van der Waals surface area contributed by atoms with Crippen LogP contribution in [0, 0.1) is 0 Å². The van der Waals surface area contributed by atoms with E-state index in [1.165, 1.54) is 4.90 Å². The summed E-state index contributed by atoms with van der Waals surface area (Å²) in [7, 11) is 0. The molecule has 80 valence electrons. The Kier molecular flexibility index (Phi) is 2.65. The molecule has 0 saturated heterocycles. The molecule has 1 aliphatic rings. The first-order valence-corrected chi connectivity index (χ1v) is 5.56. The molecule has 5 heteroatoms. The minimum Gasteiger partial charge on any atom is -0.465 e. The van der Waals surface area contributed by atoms with Crippen molar-refractivity contribution in [2.24, 2.45) is 0 Å². The van der Waals surface area contributed by atoms with E-state index in [1.807, 2.05) is 0 Å². The summed E-state index contributed by atoms with van der Waals surface area (Å²) in [5.74, 6) is 0.313. The molecule has 0 bridgehead atoms. The summed E-state index contributed by atoms with van der Waals surface area (Å²) in [6, 6.07) is 3.57. The molecule has 15 heavy (non-hydrogen) atoms. The molecule has 2 rings (SSSR count). The van der Waals surface area contributed by atoms with Gasteiger partial charge in [0.05, 0.1) is 11.4 Å². The maximum Gasteiger partial charge on any atom is 0.411 e. The standard InChI is InChI=1S/C10H11BrN2O2/c1-6-4-5-13(10(14)15)7-2-3-8(11)12-9(6)7/h2-3,6H,4-5H2,1H3,(H,14,15)/t6-/m0/s1. The van der Waals surface area contributed by atoms with E-state index in [9.17, 15) is 4.79 Å². The number of aromatic nitrogens is 1. The monoisotopic (exact) mass is 270 g/mol. The molecular formula is C10H11BrN2O2. The summed E-state index contributed by atoms with van der Waals surface area (Å²) in [6.45, 7) is 2.62. The third-order valence-electron chi connectivity index (χ3n) is 2.64. The van der Waals surface area contributed by atoms with E-state index in [1.54, 1.807) is 12.1 Å². The molecule has 1 aromatic rings. The Morgan fingerprint density at radius 3 is 3.07 bits per heavy atom. The van der Waals surface area contributed by atoms with Gasteiger partial charge in [-0.25, -0.2) is 9.78 Å². The predicted octanol–water partition coefficient (Wildman–Crippen LogP) is 2.84. The second-order valence-corrected chi connectivity index (χ2v) is 4.47. The Balaban J connectivity index is 2.50. The Morgan fingerprint density at radius 2 is 2.40 bits per heavy atom. The number of carboxylic acid groups (broad SMARTS) is 1. The van der Waals surface area contributed by atoms with E-state index in [0.29, 0.717) is 18.2 Å². The average molecular weight is 271 g/mol. The number of rotatable bonds is 0. The summed E-state index contributed by atoms with van der Waals surface area (Å²) in [5.41, 5.74) is 1.57. The molecule has 2 heterocycles. The molecule has 4 nitrogen and oxygen atoms in total. The van der Waals surface area contributed by atoms with Gasteiger partial charge < -0.3 is 5.11 Å². The molecular weight excluding hydrogens is 260 g/mol. The van der Waals surface area contributed by atoms with E-state index in [-0.39, 0.29) is 0 Å². The quantitative estimate of drug-likeness (QED) is 0.738. The lowest BCUT2D eigenvalue weighted by Crippen LogP contribution is -2.35. The first-order chi connectivity index (χ1) is 7.09. The summed E-state index contributed by atoms with van der Waals surface area (Å²) in [6.07, 6.45) is -0.0878. The molecule has 1 N–H and O–H groups in total. The van der Waals surface area contributed by atoms with Crippen molar-refractivity contribution < 1.29 is 9.90 Å². The van der Waals surface area contributed by atoms with Gasteiger partial charge in [0.15, 0.2) is 0 Å². The maximum atomic E-state index is 11.0. The lowest BCUT2D eigenvalue weighted by atomic mass is 9.97. The van der Waals surface area contributed by atoms with Crippen LogP contribution >= 0.6 is 15.9 Å². The lowest BCUT2D eigenvalue weighted by Gasteiger charge is -2.29. The number of pyridine rings is 1. The molecule has 1 amide bonds. The van der Waals surface area contributed by atoms with Gasteiger partial charge in [-0.15, -0.1) is 0 Å². The number of fused-ring (bicyclic) bond motifs is 1. The number of carbonyl (C=O) groups is 1. The fraction of sp³-hybridized carbons (Fsp3) is 0.400. The second kappa shape index (κ2) is 3.81. The van der Waals surface area contributed by atoms with Crippen LogP contribution in [-0.4, -0.2) is 22.7 Å². The zero-order chi connectivity index (χ0) is 11.0. The molecule has 0 aliphatic carbocycles. The highest BCUT2D eigenvalue weighted by Crippen LogP contribution is 2.34. The molecule has 0 saturated carbocycles. The zero-order valence-corrected chi connectivity index (χ0v) is 9.86. The SMILES string of the molecule is C[C@H]1CCN(C(=O)O)c2ccc(Br)nc21. The van der Waals surface area contributed by atoms with Crippen molar-refractivity contribution in [3.63, 3.8) is 0 Å². The molecule has 0 radical (unpaired) electrons. The summed E-state index contributed by atoms with van der Waals surface area (Å²) in [4.78, 5) is 16.7. The van der Waals surface area contributed by atoms with Gasteiger partial charge in [-0.05, 0) is 34.5 Å². The van der Waals surface area contributed by atoms with Gasteiger partial charge in [0, 0.05) is 12.5 Å². The van der Waals surface area contributed by atoms with Gasteiger partial charge in [0.2, 0.25) is 0 Å². The van der Waals surface area contributed by atoms with Gasteiger partial charge >= 0.3 is 6.09 Å². The molecule has 0 fully saturated rings. The molecule has 0 unspecified atom stereocenters. The van der Waals surface area contributed by atoms with Crippen LogP contribution in [0.3, 0.4) is 0 Å². The van der Waals surface area contributed by atoms with Crippen molar-refractivity contribution in [1.82, 2.24) is 4.98 Å². The third-order valence-corrected chi connectivity index (χ3v) is 3.08. The normalized spacial score (nSPS) is 19.9. The van der Waals surface area contributed by atoms with Gasteiger partial charge in [-0.3, -0.25) is 4.90 Å². The fourth-order valence-electron chi connectivity index (χ4n) is 1.81. The average Bonchev–Trinajstić information content (AvgIpc) is 2.19. The topological polar surface area (TPSA) is 53.4 Å². The highest BCUT2D eigenvalue weighted by Gasteiger charge is 2.27. The maximum absolute atomic E-state index is 11.0. The Hall–Kier alpha value is -1.10. The van der Waals surface area contributed by atoms with Crippen LogP contribution in [0.1, 0.15) is 25.0 Å². The number of hydrogen-bond acceptors (Lipinski definition) is 2. The van der Waals surface area contributed by atoms with Crippen LogP contribution in [-0.2, 0) is 0 Å². The van der Waals surface area contributed by atoms with Crippen molar-refractivity contribution in [2.45, 2.75) is 19.3 Å². The van der Waals surface area contributed by atoms with Crippen LogP contribution in [0.4, 0.5) is 10.5 Å². The van der Waals surface area contributed by atoms with Gasteiger partial charge in [-0.1, -0.05) is 6.92 Å². The Labute approximate surface area is 96.1 Å². The highest BCUT2D eigenvalue weighted by molar-refractivity contribution is 9.10. The summed E-state index contributed by atoms with van der Waals surface area (Å²) >= 11 is 3.30. The minimum absolute atomic E-state index is 0.313. The minimum atomic E-state index is -0.910. The van der Waals surface area contributed by atoms with E-state index < -0.39 is 6.09 Å². The van der Waals surface area contributed by atoms with E-state index in [4.69, 9.17) is 5.11 Å². The van der Waals surface area contributed by atoms with Gasteiger partial charge in [-0.2, -0.15) is 0 Å². The second-order valence-electron chi connectivity index (χ2n) is 3.66. The van der Waals surface area contributed by atoms with Crippen LogP contribution < -0.4 is 4.90 Å². The first-order valence-electron chi connectivity index (χ1n) is 4.76. The van der Waals surface area contributed by atoms with Crippen LogP contribution in [0.15, 0.2) is 16.7 Å². The fourth-order valence-corrected chi connectivity index (χ4v) is 2.14. The number of amides is 1. The molecule has 1 aromatic heterocycles. The van der Waals surface area contributed by atoms with Crippen LogP contribution in [0.25, 0.3) is 0 Å². The molecule has 1 aliphatic heterocycles. The Bertz CT molecular complexity index is 408. The lowest BCUT2D eigenvalue weighted by molar-refractivity contribution is 0.201. The van der Waals surface area contributed by atoms with Crippen molar-refractivity contribution in [2.75, 3.05) is 11.4 Å². The first kappa shape index (κ1) is 10.4. The zero-order valence-electron chi connectivity index (χ0n) is 8.27. The van der Waals surface area contributed by atoms with Crippen molar-refractivity contribution in [3.8, 4) is 0 Å². The number of nitrogens with zero attached hydrogens (tertiary/aromatic N) is 2. The number of hydrogen-bond donors (Lipinski definition) is 1. The van der Waals surface area contributed by atoms with E-state index in [2.05, 4.69) is 27.8 Å². The largest absolute Gasteiger partial charge is 0.465 e. The van der Waals surface area contributed by atoms with Crippen molar-refractivity contribution >= 4 is 27.7 Å². The van der Waals surface area contributed by atoms with Crippen molar-refractivity contribution in [3.05, 3.63) is 22.4 Å². The third kappa shape index (κ3) is 1.84. The number of halogens is 1. The van der Waals surface area contributed by atoms with Crippen molar-refractivity contribution in [1.29, 1.82) is 0 Å². The van der Waals surface area contributed by atoms with Crippen LogP contribution in [0.5, 0.6) is 0 Å². The smallest absolute Gasteiger partial charge is 0.411 e. The molecule has 1 atom stereocenters. The van der Waals surface area contributed by atoms with Gasteiger partial charge in [0.25, 0.3) is 0 Å². The predicted molar refractivity (Wildman–Crippen MR) is 60.3 cm³/mol. The van der Waals surface area contributed by atoms with E-state index in [0.717, 1.165) is 16.7 Å². The Morgan fingerprint density at radius 1 is 1.67 bits per heavy atom. The van der Waals surface area contributed by atoms with E-state index >= 15 is 0 Å². The highest BCUT2D eigenvalue weighted by atomic mass is 79.9. The number of anilines is 1. The van der Waals surface area contributed by atoms with Crippen LogP contribution in [0.2, 0.25) is 0 Å². The summed E-state index contributed by atoms with van der Waals surface area (Å²) in [5, 5.41) is 9.03. The molecule has 0 aromatic carbocycles. The summed E-state index contributed by atoms with van der Waals surface area (Å²) < 4.78 is 0.750.